The van der Waals surface area contributed by atoms with Crippen molar-refractivity contribution in [1.29, 1.82) is 0 Å². The van der Waals surface area contributed by atoms with E-state index in [9.17, 15) is 0 Å². The molecule has 0 saturated carbocycles. The van der Waals surface area contributed by atoms with Gasteiger partial charge >= 0.3 is 0 Å². The molecule has 0 aliphatic rings. The third kappa shape index (κ3) is 4.13. The monoisotopic (exact) mass is 215 g/mol. The van der Waals surface area contributed by atoms with Crippen molar-refractivity contribution in [2.75, 3.05) is 20.3 Å². The lowest BCUT2D eigenvalue weighted by atomic mass is 10.3. The molecule has 0 aliphatic heterocycles. The molecule has 14 heavy (non-hydrogen) atoms. The Labute approximate surface area is 88.7 Å². The molecule has 1 N–H and O–H groups in total. The number of hydrogen-bond donors (Lipinski definition) is 1. The maximum Gasteiger partial charge on any atom is 0.131 e. The molecule has 0 unspecified atom stereocenters. The highest BCUT2D eigenvalue weighted by atomic mass is 32.1. The van der Waals surface area contributed by atoms with Crippen LogP contribution in [0.5, 0.6) is 0 Å². The SMILES string of the molecule is CCNCc1nnc(CCCOC)s1. The number of methoxy groups -OCH3 is 1. The van der Waals surface area contributed by atoms with Gasteiger partial charge in [0.25, 0.3) is 0 Å². The summed E-state index contributed by atoms with van der Waals surface area (Å²) in [6.45, 7) is 4.68. The Bertz CT molecular complexity index is 252. The van der Waals surface area contributed by atoms with Gasteiger partial charge in [-0.25, -0.2) is 0 Å². The van der Waals surface area contributed by atoms with Crippen LogP contribution >= 0.6 is 11.3 Å². The van der Waals surface area contributed by atoms with Gasteiger partial charge in [0, 0.05) is 26.7 Å². The number of nitrogens with zero attached hydrogens (tertiary/aromatic N) is 2. The van der Waals surface area contributed by atoms with Gasteiger partial charge in [0.15, 0.2) is 0 Å². The van der Waals surface area contributed by atoms with E-state index in [1.54, 1.807) is 18.4 Å². The molecule has 5 heteroatoms. The van der Waals surface area contributed by atoms with E-state index >= 15 is 0 Å². The fourth-order valence-electron chi connectivity index (χ4n) is 1.06. The predicted octanol–water partition coefficient (Wildman–Crippen LogP) is 1.23. The van der Waals surface area contributed by atoms with Gasteiger partial charge in [0.2, 0.25) is 0 Å². The quantitative estimate of drug-likeness (QED) is 0.695. The summed E-state index contributed by atoms with van der Waals surface area (Å²) in [5.74, 6) is 0. The first-order chi connectivity index (χ1) is 6.86. The maximum atomic E-state index is 4.98. The van der Waals surface area contributed by atoms with E-state index in [0.717, 1.165) is 42.6 Å². The summed E-state index contributed by atoms with van der Waals surface area (Å²) in [6, 6.07) is 0. The zero-order valence-corrected chi connectivity index (χ0v) is 9.56. The van der Waals surface area contributed by atoms with Gasteiger partial charge in [0.05, 0.1) is 0 Å². The number of aromatic nitrogens is 2. The molecule has 0 atom stereocenters. The van der Waals surface area contributed by atoms with E-state index in [2.05, 4.69) is 22.4 Å². The second kappa shape index (κ2) is 6.86. The van der Waals surface area contributed by atoms with Crippen LogP contribution in [0.2, 0.25) is 0 Å². The van der Waals surface area contributed by atoms with Crippen LogP contribution in [0.25, 0.3) is 0 Å². The fraction of sp³-hybridized carbons (Fsp3) is 0.778. The zero-order chi connectivity index (χ0) is 10.2. The van der Waals surface area contributed by atoms with Gasteiger partial charge in [-0.1, -0.05) is 6.92 Å². The van der Waals surface area contributed by atoms with E-state index in [0.29, 0.717) is 0 Å². The molecule has 0 amide bonds. The van der Waals surface area contributed by atoms with Gasteiger partial charge in [-0.2, -0.15) is 0 Å². The average molecular weight is 215 g/mol. The standard InChI is InChI=1S/C9H17N3OS/c1-3-10-7-9-12-11-8(14-9)5-4-6-13-2/h10H,3-7H2,1-2H3. The number of nitrogens with one attached hydrogen (secondary N) is 1. The molecule has 0 spiro atoms. The summed E-state index contributed by atoms with van der Waals surface area (Å²) >= 11 is 1.68. The highest BCUT2D eigenvalue weighted by molar-refractivity contribution is 7.11. The summed E-state index contributed by atoms with van der Waals surface area (Å²) < 4.78 is 4.98. The zero-order valence-electron chi connectivity index (χ0n) is 8.75. The lowest BCUT2D eigenvalue weighted by Gasteiger charge is -1.94. The number of ether oxygens (including phenoxy) is 1. The Balaban J connectivity index is 2.27. The normalized spacial score (nSPS) is 10.7. The van der Waals surface area contributed by atoms with Crippen molar-refractivity contribution >= 4 is 11.3 Å². The minimum atomic E-state index is 0.794. The topological polar surface area (TPSA) is 47.0 Å². The Hall–Kier alpha value is -0.520. The molecule has 0 radical (unpaired) electrons. The Kier molecular flexibility index (Phi) is 5.66. The maximum absolute atomic E-state index is 4.98. The second-order valence-corrected chi connectivity index (χ2v) is 4.11. The van der Waals surface area contributed by atoms with Crippen LogP contribution in [0, 0.1) is 0 Å². The van der Waals surface area contributed by atoms with E-state index < -0.39 is 0 Å². The van der Waals surface area contributed by atoms with Crippen molar-refractivity contribution < 1.29 is 4.74 Å². The van der Waals surface area contributed by atoms with Gasteiger partial charge in [-0.15, -0.1) is 21.5 Å². The lowest BCUT2D eigenvalue weighted by molar-refractivity contribution is 0.195. The first-order valence-corrected chi connectivity index (χ1v) is 5.69. The van der Waals surface area contributed by atoms with Crippen molar-refractivity contribution in [3.63, 3.8) is 0 Å². The molecule has 0 aromatic carbocycles. The van der Waals surface area contributed by atoms with Crippen molar-refractivity contribution in [3.05, 3.63) is 10.0 Å². The minimum absolute atomic E-state index is 0.794. The molecular formula is C9H17N3OS. The average Bonchev–Trinajstić information content (AvgIpc) is 2.63. The largest absolute Gasteiger partial charge is 0.385 e. The van der Waals surface area contributed by atoms with Crippen LogP contribution in [-0.2, 0) is 17.7 Å². The van der Waals surface area contributed by atoms with Gasteiger partial charge < -0.3 is 10.1 Å². The first kappa shape index (κ1) is 11.6. The first-order valence-electron chi connectivity index (χ1n) is 4.87. The van der Waals surface area contributed by atoms with E-state index in [4.69, 9.17) is 4.74 Å². The summed E-state index contributed by atoms with van der Waals surface area (Å²) in [5.41, 5.74) is 0. The van der Waals surface area contributed by atoms with Crippen molar-refractivity contribution in [1.82, 2.24) is 15.5 Å². The summed E-state index contributed by atoms with van der Waals surface area (Å²) in [5, 5.41) is 13.6. The lowest BCUT2D eigenvalue weighted by Crippen LogP contribution is -2.11. The van der Waals surface area contributed by atoms with Crippen LogP contribution in [-0.4, -0.2) is 30.5 Å². The van der Waals surface area contributed by atoms with Crippen LogP contribution in [0.15, 0.2) is 0 Å². The highest BCUT2D eigenvalue weighted by Gasteiger charge is 2.02. The smallest absolute Gasteiger partial charge is 0.131 e. The molecule has 0 bridgehead atoms. The van der Waals surface area contributed by atoms with E-state index in [-0.39, 0.29) is 0 Å². The summed E-state index contributed by atoms with van der Waals surface area (Å²) in [4.78, 5) is 0. The molecule has 0 aliphatic carbocycles. The van der Waals surface area contributed by atoms with Crippen LogP contribution in [0.1, 0.15) is 23.4 Å². The molecular weight excluding hydrogens is 198 g/mol. The van der Waals surface area contributed by atoms with E-state index in [1.165, 1.54) is 0 Å². The second-order valence-electron chi connectivity index (χ2n) is 2.97. The van der Waals surface area contributed by atoms with Crippen molar-refractivity contribution in [2.24, 2.45) is 0 Å². The number of hydrogen-bond acceptors (Lipinski definition) is 5. The van der Waals surface area contributed by atoms with Crippen LogP contribution < -0.4 is 5.32 Å². The highest BCUT2D eigenvalue weighted by Crippen LogP contribution is 2.11. The molecule has 1 aromatic rings. The van der Waals surface area contributed by atoms with Crippen LogP contribution in [0.4, 0.5) is 0 Å². The third-order valence-electron chi connectivity index (χ3n) is 1.77. The molecule has 4 nitrogen and oxygen atoms in total. The van der Waals surface area contributed by atoms with Crippen molar-refractivity contribution in [2.45, 2.75) is 26.3 Å². The molecule has 80 valence electrons. The molecule has 1 rings (SSSR count). The third-order valence-corrected chi connectivity index (χ3v) is 2.76. The molecule has 0 saturated heterocycles. The Morgan fingerprint density at radius 3 is 2.86 bits per heavy atom. The summed E-state index contributed by atoms with van der Waals surface area (Å²) in [6.07, 6.45) is 1.99. The molecule has 0 fully saturated rings. The van der Waals surface area contributed by atoms with Crippen molar-refractivity contribution in [3.8, 4) is 0 Å². The number of aryl methyl sites for hydroxylation is 1. The van der Waals surface area contributed by atoms with Gasteiger partial charge in [0.1, 0.15) is 10.0 Å². The minimum Gasteiger partial charge on any atom is -0.385 e. The Morgan fingerprint density at radius 2 is 2.14 bits per heavy atom. The summed E-state index contributed by atoms with van der Waals surface area (Å²) in [7, 11) is 1.72. The van der Waals surface area contributed by atoms with Gasteiger partial charge in [-0.05, 0) is 13.0 Å². The molecule has 1 heterocycles. The fourth-order valence-corrected chi connectivity index (χ4v) is 1.92. The predicted molar refractivity (Wildman–Crippen MR) is 57.5 cm³/mol. The Morgan fingerprint density at radius 1 is 1.36 bits per heavy atom. The van der Waals surface area contributed by atoms with Crippen LogP contribution in [0.3, 0.4) is 0 Å². The number of rotatable bonds is 7. The van der Waals surface area contributed by atoms with E-state index in [1.807, 2.05) is 0 Å². The molecule has 1 aromatic heterocycles. The van der Waals surface area contributed by atoms with Gasteiger partial charge in [-0.3, -0.25) is 0 Å².